The molecule has 0 saturated carbocycles. The van der Waals surface area contributed by atoms with Crippen molar-refractivity contribution < 1.29 is 38.3 Å². The van der Waals surface area contributed by atoms with Crippen LogP contribution in [0.4, 0.5) is 4.39 Å². The first-order chi connectivity index (χ1) is 22.7. The maximum atomic E-state index is 13.5. The van der Waals surface area contributed by atoms with Crippen molar-refractivity contribution in [1.29, 1.82) is 0 Å². The molecule has 0 spiro atoms. The number of carbonyl (C=O) groups is 6. The van der Waals surface area contributed by atoms with Crippen molar-refractivity contribution in [3.05, 3.63) is 65.7 Å². The SMILES string of the molecule is CC(C)C[C@H](NC(=O)[C@H](CCCN=C(N)N)NC(=O)c1ccccn1)C(=O)N[C@@H](CC(N)=O)C(=O)N[C@@H](Cc1ccc(F)cc1)C(=O)O. The number of carbonyl (C=O) groups excluding carboxylic acids is 5. The molecule has 2 aromatic rings. The zero-order chi connectivity index (χ0) is 35.8. The van der Waals surface area contributed by atoms with Gasteiger partial charge in [-0.05, 0) is 55.0 Å². The molecule has 1 heterocycles. The summed E-state index contributed by atoms with van der Waals surface area (Å²) < 4.78 is 13.3. The number of rotatable bonds is 19. The van der Waals surface area contributed by atoms with Crippen molar-refractivity contribution in [2.75, 3.05) is 6.54 Å². The number of aliphatic carboxylic acids is 1. The van der Waals surface area contributed by atoms with Gasteiger partial charge in [-0.3, -0.25) is 33.9 Å². The van der Waals surface area contributed by atoms with Crippen LogP contribution in [0.15, 0.2) is 53.7 Å². The molecule has 0 fully saturated rings. The van der Waals surface area contributed by atoms with E-state index in [2.05, 4.69) is 31.2 Å². The molecular weight excluding hydrogens is 629 g/mol. The molecule has 0 aliphatic heterocycles. The topological polar surface area (TPSA) is 274 Å². The lowest BCUT2D eigenvalue weighted by molar-refractivity contribution is -0.142. The molecule has 4 atom stereocenters. The highest BCUT2D eigenvalue weighted by Gasteiger charge is 2.32. The normalized spacial score (nSPS) is 13.2. The summed E-state index contributed by atoms with van der Waals surface area (Å²) in [5, 5.41) is 19.6. The highest BCUT2D eigenvalue weighted by atomic mass is 19.1. The quantitative estimate of drug-likeness (QED) is 0.0516. The van der Waals surface area contributed by atoms with E-state index >= 15 is 0 Å². The molecule has 1 aromatic carbocycles. The van der Waals surface area contributed by atoms with Crippen molar-refractivity contribution in [3.63, 3.8) is 0 Å². The highest BCUT2D eigenvalue weighted by molar-refractivity contribution is 5.98. The van der Waals surface area contributed by atoms with E-state index in [0.29, 0.717) is 5.56 Å². The molecule has 0 bridgehead atoms. The van der Waals surface area contributed by atoms with Crippen molar-refractivity contribution in [3.8, 4) is 0 Å². The van der Waals surface area contributed by atoms with Crippen molar-refractivity contribution in [1.82, 2.24) is 26.3 Å². The molecule has 5 amide bonds. The lowest BCUT2D eigenvalue weighted by Crippen LogP contribution is -2.58. The largest absolute Gasteiger partial charge is 0.480 e. The standard InChI is InChI=1S/C31H42FN9O7/c1-17(2)14-22(39-27(44)21(7-5-13-37-31(34)35)38-26(43)20-6-3-4-12-36-20)28(45)40-23(16-25(33)42)29(46)41-24(30(47)48)15-18-8-10-19(32)11-9-18/h3-4,6,8-12,17,21-24H,5,7,13-16H2,1-2H3,(H2,33,42)(H,38,43)(H,39,44)(H,40,45)(H,41,46)(H,47,48)(H4,34,35,37)/t21-,22-,23-,24-/m0/s1. The average Bonchev–Trinajstić information content (AvgIpc) is 3.02. The Hall–Kier alpha value is -5.61. The number of aromatic nitrogens is 1. The summed E-state index contributed by atoms with van der Waals surface area (Å²) in [4.78, 5) is 84.6. The number of nitrogens with one attached hydrogen (secondary N) is 4. The molecule has 0 aliphatic carbocycles. The minimum atomic E-state index is -1.60. The zero-order valence-electron chi connectivity index (χ0n) is 26.6. The van der Waals surface area contributed by atoms with Gasteiger partial charge in [-0.15, -0.1) is 0 Å². The number of hydrogen-bond donors (Lipinski definition) is 8. The van der Waals surface area contributed by atoms with E-state index in [1.807, 2.05) is 0 Å². The Morgan fingerprint density at radius 1 is 0.833 bits per heavy atom. The lowest BCUT2D eigenvalue weighted by Gasteiger charge is -2.26. The first kappa shape index (κ1) is 38.6. The third kappa shape index (κ3) is 13.8. The van der Waals surface area contributed by atoms with Gasteiger partial charge in [-0.1, -0.05) is 32.0 Å². The van der Waals surface area contributed by atoms with Gasteiger partial charge in [0, 0.05) is 19.2 Å². The molecule has 16 nitrogen and oxygen atoms in total. The predicted octanol–water partition coefficient (Wildman–Crippen LogP) is -0.924. The van der Waals surface area contributed by atoms with Crippen LogP contribution < -0.4 is 38.5 Å². The molecule has 0 saturated heterocycles. The number of guanidine groups is 1. The van der Waals surface area contributed by atoms with E-state index in [-0.39, 0.29) is 49.8 Å². The van der Waals surface area contributed by atoms with Crippen LogP contribution in [-0.4, -0.2) is 82.3 Å². The Balaban J connectivity index is 2.24. The summed E-state index contributed by atoms with van der Waals surface area (Å²) in [5.41, 5.74) is 16.5. The molecule has 0 unspecified atom stereocenters. The Morgan fingerprint density at radius 2 is 1.44 bits per heavy atom. The lowest BCUT2D eigenvalue weighted by atomic mass is 10.0. The Kier molecular flexibility index (Phi) is 15.4. The average molecular weight is 672 g/mol. The van der Waals surface area contributed by atoms with E-state index in [4.69, 9.17) is 17.2 Å². The third-order valence-corrected chi connectivity index (χ3v) is 6.81. The molecule has 1 aromatic heterocycles. The number of halogens is 1. The van der Waals surface area contributed by atoms with Gasteiger partial charge < -0.3 is 43.6 Å². The van der Waals surface area contributed by atoms with E-state index in [1.165, 1.54) is 24.4 Å². The number of hydrogen-bond acceptors (Lipinski definition) is 8. The monoisotopic (exact) mass is 671 g/mol. The second-order valence-corrected chi connectivity index (χ2v) is 11.3. The first-order valence-corrected chi connectivity index (χ1v) is 15.1. The first-order valence-electron chi connectivity index (χ1n) is 15.1. The Morgan fingerprint density at radius 3 is 2.00 bits per heavy atom. The van der Waals surface area contributed by atoms with Crippen LogP contribution in [0, 0.1) is 11.7 Å². The Labute approximate surface area is 276 Å². The van der Waals surface area contributed by atoms with Gasteiger partial charge >= 0.3 is 5.97 Å². The summed E-state index contributed by atoms with van der Waals surface area (Å²) in [5.74, 6) is -6.48. The summed E-state index contributed by atoms with van der Waals surface area (Å²) >= 11 is 0. The van der Waals surface area contributed by atoms with E-state index in [9.17, 15) is 38.3 Å². The fourth-order valence-corrected chi connectivity index (χ4v) is 4.49. The number of nitrogens with zero attached hydrogens (tertiary/aromatic N) is 2. The van der Waals surface area contributed by atoms with Gasteiger partial charge in [-0.25, -0.2) is 9.18 Å². The fourth-order valence-electron chi connectivity index (χ4n) is 4.49. The molecule has 260 valence electrons. The number of aliphatic imine (C=N–C) groups is 1. The smallest absolute Gasteiger partial charge is 0.326 e. The van der Waals surface area contributed by atoms with E-state index < -0.39 is 71.9 Å². The second kappa shape index (κ2) is 19.1. The summed E-state index contributed by atoms with van der Waals surface area (Å²) in [7, 11) is 0. The van der Waals surface area contributed by atoms with Crippen molar-refractivity contribution >= 4 is 41.5 Å². The highest BCUT2D eigenvalue weighted by Crippen LogP contribution is 2.10. The van der Waals surface area contributed by atoms with Crippen LogP contribution in [0.3, 0.4) is 0 Å². The van der Waals surface area contributed by atoms with Crippen LogP contribution in [-0.2, 0) is 30.4 Å². The number of primary amides is 1. The number of amides is 5. The van der Waals surface area contributed by atoms with Crippen LogP contribution in [0.2, 0.25) is 0 Å². The predicted molar refractivity (Wildman–Crippen MR) is 172 cm³/mol. The van der Waals surface area contributed by atoms with Crippen molar-refractivity contribution in [2.45, 2.75) is 70.1 Å². The summed E-state index contributed by atoms with van der Waals surface area (Å²) in [6.45, 7) is 3.72. The number of pyridine rings is 1. The van der Waals surface area contributed by atoms with Crippen LogP contribution in [0.5, 0.6) is 0 Å². The second-order valence-electron chi connectivity index (χ2n) is 11.3. The molecular formula is C31H42FN9O7. The van der Waals surface area contributed by atoms with Gasteiger partial charge in [0.1, 0.15) is 35.7 Å². The van der Waals surface area contributed by atoms with Gasteiger partial charge in [0.25, 0.3) is 5.91 Å². The number of carboxylic acid groups (broad SMARTS) is 1. The molecule has 2 rings (SSSR count). The summed E-state index contributed by atoms with van der Waals surface area (Å²) in [6.07, 6.45) is 0.943. The van der Waals surface area contributed by atoms with Gasteiger partial charge in [0.05, 0.1) is 6.42 Å². The van der Waals surface area contributed by atoms with E-state index in [0.717, 1.165) is 12.1 Å². The van der Waals surface area contributed by atoms with Gasteiger partial charge in [0.15, 0.2) is 5.96 Å². The van der Waals surface area contributed by atoms with E-state index in [1.54, 1.807) is 26.0 Å². The van der Waals surface area contributed by atoms with Gasteiger partial charge in [-0.2, -0.15) is 0 Å². The van der Waals surface area contributed by atoms with Crippen LogP contribution >= 0.6 is 0 Å². The summed E-state index contributed by atoms with van der Waals surface area (Å²) in [6, 6.07) is 4.14. The van der Waals surface area contributed by atoms with Crippen molar-refractivity contribution in [2.24, 2.45) is 28.1 Å². The van der Waals surface area contributed by atoms with Crippen LogP contribution in [0.1, 0.15) is 55.6 Å². The maximum Gasteiger partial charge on any atom is 0.326 e. The molecule has 17 heteroatoms. The molecule has 48 heavy (non-hydrogen) atoms. The fraction of sp³-hybridized carbons (Fsp3) is 0.419. The minimum Gasteiger partial charge on any atom is -0.480 e. The maximum absolute atomic E-state index is 13.5. The molecule has 0 aliphatic rings. The number of benzene rings is 1. The third-order valence-electron chi connectivity index (χ3n) is 6.81. The molecule has 11 N–H and O–H groups in total. The minimum absolute atomic E-state index is 0.0513. The number of nitrogens with two attached hydrogens (primary N) is 3. The van der Waals surface area contributed by atoms with Crippen LogP contribution in [0.25, 0.3) is 0 Å². The zero-order valence-corrected chi connectivity index (χ0v) is 26.6. The molecule has 0 radical (unpaired) electrons. The van der Waals surface area contributed by atoms with Gasteiger partial charge in [0.2, 0.25) is 23.6 Å². The number of carboxylic acids is 1. The Bertz CT molecular complexity index is 1450.